The topological polar surface area (TPSA) is 69.6 Å². The van der Waals surface area contributed by atoms with E-state index in [4.69, 9.17) is 0 Å². The molecular weight excluding hydrogens is 627 g/mol. The predicted molar refractivity (Wildman–Crippen MR) is 225 cm³/mol. The number of hydrogen-bond donors (Lipinski definition) is 3. The minimum Gasteiger partial charge on any atom is -0.394 e. The molecule has 0 heterocycles. The number of carbonyl (C=O) groups is 1. The lowest BCUT2D eigenvalue weighted by atomic mass is 10.0. The van der Waals surface area contributed by atoms with E-state index in [-0.39, 0.29) is 12.5 Å². The molecule has 0 aromatic heterocycles. The van der Waals surface area contributed by atoms with Crippen LogP contribution in [0.2, 0.25) is 0 Å². The van der Waals surface area contributed by atoms with E-state index in [0.717, 1.165) is 57.8 Å². The highest BCUT2D eigenvalue weighted by Gasteiger charge is 2.17. The van der Waals surface area contributed by atoms with Crippen molar-refractivity contribution in [2.24, 2.45) is 0 Å². The van der Waals surface area contributed by atoms with Crippen LogP contribution < -0.4 is 5.32 Å². The highest BCUT2D eigenvalue weighted by atomic mass is 16.3. The average molecular weight is 712 g/mol. The summed E-state index contributed by atoms with van der Waals surface area (Å²) in [5, 5.41) is 23.0. The maximum Gasteiger partial charge on any atom is 0.220 e. The number of rotatable bonds is 39. The van der Waals surface area contributed by atoms with Crippen molar-refractivity contribution in [1.82, 2.24) is 5.32 Å². The number of nitrogens with one attached hydrogen (secondary N) is 1. The first-order chi connectivity index (χ1) is 25.2. The van der Waals surface area contributed by atoms with E-state index in [1.54, 1.807) is 6.08 Å². The SMILES string of the molecule is CC/C=C\C/C=C\C/C=C\C/C=C\CCCCC(=O)NC(CO)C(O)/C=C/CCCCCCCCCCCCCCCCCCCCCCCC. The normalized spacial score (nSPS) is 13.6. The van der Waals surface area contributed by atoms with Crippen molar-refractivity contribution in [2.75, 3.05) is 6.61 Å². The van der Waals surface area contributed by atoms with Gasteiger partial charge in [0.05, 0.1) is 18.8 Å². The Morgan fingerprint density at radius 1 is 0.490 bits per heavy atom. The van der Waals surface area contributed by atoms with Gasteiger partial charge in [-0.2, -0.15) is 0 Å². The minimum atomic E-state index is -0.858. The number of carbonyl (C=O) groups excluding carboxylic acids is 1. The lowest BCUT2D eigenvalue weighted by Crippen LogP contribution is -2.45. The number of aliphatic hydroxyl groups is 2. The van der Waals surface area contributed by atoms with Crippen LogP contribution in [0.1, 0.15) is 213 Å². The molecule has 0 spiro atoms. The first kappa shape index (κ1) is 49.1. The average Bonchev–Trinajstić information content (AvgIpc) is 3.13. The van der Waals surface area contributed by atoms with Gasteiger partial charge in [0.15, 0.2) is 0 Å². The van der Waals surface area contributed by atoms with Crippen molar-refractivity contribution in [3.63, 3.8) is 0 Å². The summed E-state index contributed by atoms with van der Waals surface area (Å²) >= 11 is 0. The summed E-state index contributed by atoms with van der Waals surface area (Å²) in [5.74, 6) is -0.105. The third-order valence-electron chi connectivity index (χ3n) is 9.76. The van der Waals surface area contributed by atoms with E-state index in [1.165, 1.54) is 135 Å². The molecule has 2 atom stereocenters. The third kappa shape index (κ3) is 39.1. The summed E-state index contributed by atoms with van der Waals surface area (Å²) in [4.78, 5) is 12.3. The summed E-state index contributed by atoms with van der Waals surface area (Å²) in [7, 11) is 0. The van der Waals surface area contributed by atoms with Crippen LogP contribution in [0.3, 0.4) is 0 Å². The molecule has 0 aliphatic rings. The molecule has 296 valence electrons. The van der Waals surface area contributed by atoms with Crippen molar-refractivity contribution >= 4 is 5.91 Å². The lowest BCUT2D eigenvalue weighted by Gasteiger charge is -2.19. The Morgan fingerprint density at radius 3 is 1.29 bits per heavy atom. The van der Waals surface area contributed by atoms with Gasteiger partial charge in [0.2, 0.25) is 5.91 Å². The molecule has 0 aliphatic heterocycles. The molecule has 0 radical (unpaired) electrons. The molecule has 51 heavy (non-hydrogen) atoms. The van der Waals surface area contributed by atoms with Gasteiger partial charge in [0, 0.05) is 6.42 Å². The van der Waals surface area contributed by atoms with E-state index in [1.807, 2.05) is 6.08 Å². The van der Waals surface area contributed by atoms with Crippen LogP contribution >= 0.6 is 0 Å². The van der Waals surface area contributed by atoms with E-state index in [2.05, 4.69) is 67.8 Å². The molecule has 0 saturated heterocycles. The molecule has 0 aliphatic carbocycles. The van der Waals surface area contributed by atoms with Gasteiger partial charge < -0.3 is 15.5 Å². The van der Waals surface area contributed by atoms with E-state index in [9.17, 15) is 15.0 Å². The smallest absolute Gasteiger partial charge is 0.220 e. The van der Waals surface area contributed by atoms with Gasteiger partial charge >= 0.3 is 0 Å². The van der Waals surface area contributed by atoms with Crippen molar-refractivity contribution in [1.29, 1.82) is 0 Å². The highest BCUT2D eigenvalue weighted by Crippen LogP contribution is 2.16. The summed E-state index contributed by atoms with van der Waals surface area (Å²) in [6.45, 7) is 4.18. The van der Waals surface area contributed by atoms with Crippen LogP contribution in [0.25, 0.3) is 0 Å². The minimum absolute atomic E-state index is 0.105. The molecule has 0 saturated carbocycles. The lowest BCUT2D eigenvalue weighted by molar-refractivity contribution is -0.123. The fourth-order valence-corrected chi connectivity index (χ4v) is 6.40. The first-order valence-corrected chi connectivity index (χ1v) is 22.0. The van der Waals surface area contributed by atoms with Crippen LogP contribution in [0.15, 0.2) is 60.8 Å². The second-order valence-electron chi connectivity index (χ2n) is 14.7. The maximum atomic E-state index is 12.3. The molecule has 0 aromatic carbocycles. The monoisotopic (exact) mass is 712 g/mol. The standard InChI is InChI=1S/C47H85NO3/c1-3-5-7-9-11-13-15-17-19-20-21-22-23-24-25-26-27-29-30-32-34-36-38-40-42-46(50)45(44-49)48-47(51)43-41-39-37-35-33-31-28-18-16-14-12-10-8-6-4-2/h6,8,12,14,18,28,33,35,40,42,45-46,49-50H,3-5,7,9-11,13,15-17,19-27,29-32,34,36-39,41,43-44H2,1-2H3,(H,48,51)/b8-6-,14-12-,28-18-,35-33-,42-40+. The van der Waals surface area contributed by atoms with Crippen LogP contribution in [0.5, 0.6) is 0 Å². The quantitative estimate of drug-likeness (QED) is 0.0439. The van der Waals surface area contributed by atoms with Gasteiger partial charge in [0.25, 0.3) is 0 Å². The Labute approximate surface area is 317 Å². The first-order valence-electron chi connectivity index (χ1n) is 22.0. The van der Waals surface area contributed by atoms with Gasteiger partial charge in [-0.3, -0.25) is 4.79 Å². The summed E-state index contributed by atoms with van der Waals surface area (Å²) < 4.78 is 0. The summed E-state index contributed by atoms with van der Waals surface area (Å²) in [5.41, 5.74) is 0. The van der Waals surface area contributed by atoms with E-state index < -0.39 is 12.1 Å². The van der Waals surface area contributed by atoms with E-state index >= 15 is 0 Å². The fraction of sp³-hybridized carbons (Fsp3) is 0.766. The molecule has 3 N–H and O–H groups in total. The van der Waals surface area contributed by atoms with Gasteiger partial charge in [-0.15, -0.1) is 0 Å². The predicted octanol–water partition coefficient (Wildman–Crippen LogP) is 13.7. The Balaban J connectivity index is 3.60. The molecule has 0 aromatic rings. The highest BCUT2D eigenvalue weighted by molar-refractivity contribution is 5.76. The molecule has 4 nitrogen and oxygen atoms in total. The van der Waals surface area contributed by atoms with Gasteiger partial charge in [-0.25, -0.2) is 0 Å². The van der Waals surface area contributed by atoms with Gasteiger partial charge in [-0.05, 0) is 57.8 Å². The van der Waals surface area contributed by atoms with Crippen molar-refractivity contribution in [3.8, 4) is 0 Å². The van der Waals surface area contributed by atoms with E-state index in [0.29, 0.717) is 6.42 Å². The Bertz CT molecular complexity index is 858. The number of aliphatic hydroxyl groups excluding tert-OH is 2. The third-order valence-corrected chi connectivity index (χ3v) is 9.76. The molecule has 0 bridgehead atoms. The van der Waals surface area contributed by atoms with Crippen LogP contribution in [0, 0.1) is 0 Å². The number of unbranched alkanes of at least 4 members (excludes halogenated alkanes) is 24. The summed E-state index contributed by atoms with van der Waals surface area (Å²) in [6, 6.07) is -0.646. The molecule has 1 amide bonds. The Kier molecular flexibility index (Phi) is 40.9. The van der Waals surface area contributed by atoms with Crippen LogP contribution in [-0.2, 0) is 4.79 Å². The molecule has 2 unspecified atom stereocenters. The zero-order chi connectivity index (χ0) is 37.1. The Hall–Kier alpha value is -1.91. The second kappa shape index (κ2) is 42.5. The largest absolute Gasteiger partial charge is 0.394 e. The van der Waals surface area contributed by atoms with Crippen molar-refractivity contribution in [2.45, 2.75) is 225 Å². The number of hydrogen-bond acceptors (Lipinski definition) is 3. The molecular formula is C47H85NO3. The zero-order valence-electron chi connectivity index (χ0n) is 33.9. The maximum absolute atomic E-state index is 12.3. The zero-order valence-corrected chi connectivity index (χ0v) is 33.9. The molecule has 0 rings (SSSR count). The van der Waals surface area contributed by atoms with Crippen molar-refractivity contribution in [3.05, 3.63) is 60.8 Å². The number of amides is 1. The van der Waals surface area contributed by atoms with Crippen molar-refractivity contribution < 1.29 is 15.0 Å². The molecule has 0 fully saturated rings. The van der Waals surface area contributed by atoms with Gasteiger partial charge in [-0.1, -0.05) is 209 Å². The number of allylic oxidation sites excluding steroid dienone is 9. The Morgan fingerprint density at radius 2 is 0.863 bits per heavy atom. The molecule has 4 heteroatoms. The van der Waals surface area contributed by atoms with Crippen LogP contribution in [0.4, 0.5) is 0 Å². The van der Waals surface area contributed by atoms with Crippen LogP contribution in [-0.4, -0.2) is 34.9 Å². The van der Waals surface area contributed by atoms with Gasteiger partial charge in [0.1, 0.15) is 0 Å². The fourth-order valence-electron chi connectivity index (χ4n) is 6.40. The second-order valence-corrected chi connectivity index (χ2v) is 14.7. The summed E-state index contributed by atoms with van der Waals surface area (Å²) in [6.07, 6.45) is 59.1.